The average Bonchev–Trinajstić information content (AvgIpc) is 2.38. The Kier molecular flexibility index (Phi) is 4.10. The van der Waals surface area contributed by atoms with E-state index in [1.165, 1.54) is 25.3 Å². The quantitative estimate of drug-likeness (QED) is 0.912. The Labute approximate surface area is 119 Å². The van der Waals surface area contributed by atoms with Gasteiger partial charge in [-0.15, -0.1) is 0 Å². The normalized spacial score (nSPS) is 10.2. The predicted octanol–water partition coefficient (Wildman–Crippen LogP) is 3.45. The molecule has 2 N–H and O–H groups in total. The van der Waals surface area contributed by atoms with Gasteiger partial charge >= 0.3 is 0 Å². The van der Waals surface area contributed by atoms with Gasteiger partial charge in [-0.1, -0.05) is 17.7 Å². The minimum Gasteiger partial charge on any atom is -0.507 e. The first-order chi connectivity index (χ1) is 9.52. The second-order valence-corrected chi connectivity index (χ2v) is 4.34. The summed E-state index contributed by atoms with van der Waals surface area (Å²) in [6.07, 6.45) is 0. The maximum Gasteiger partial charge on any atom is 0.262 e. The van der Waals surface area contributed by atoms with Crippen molar-refractivity contribution >= 4 is 23.2 Å². The number of methoxy groups -OCH3 is 1. The van der Waals surface area contributed by atoms with Crippen molar-refractivity contribution in [2.75, 3.05) is 12.4 Å². The summed E-state index contributed by atoms with van der Waals surface area (Å²) >= 11 is 5.92. The number of anilines is 1. The van der Waals surface area contributed by atoms with E-state index >= 15 is 0 Å². The van der Waals surface area contributed by atoms with Crippen LogP contribution >= 0.6 is 11.6 Å². The van der Waals surface area contributed by atoms with E-state index < -0.39 is 23.0 Å². The fourth-order valence-electron chi connectivity index (χ4n) is 1.68. The number of benzene rings is 2. The number of nitrogens with one attached hydrogen (secondary N) is 1. The van der Waals surface area contributed by atoms with E-state index in [1.807, 2.05) is 0 Å². The number of hydrogen-bond acceptors (Lipinski definition) is 3. The Morgan fingerprint density at radius 3 is 2.70 bits per heavy atom. The van der Waals surface area contributed by atoms with Crippen LogP contribution in [0.1, 0.15) is 10.4 Å². The summed E-state index contributed by atoms with van der Waals surface area (Å²) in [7, 11) is 1.47. The van der Waals surface area contributed by atoms with Gasteiger partial charge in [0, 0.05) is 5.69 Å². The molecule has 0 aromatic heterocycles. The van der Waals surface area contributed by atoms with Gasteiger partial charge in [-0.3, -0.25) is 4.79 Å². The number of aromatic hydroxyl groups is 1. The van der Waals surface area contributed by atoms with Gasteiger partial charge in [0.05, 0.1) is 12.1 Å². The number of carbonyl (C=O) groups excluding carboxylic acids is 1. The second-order valence-electron chi connectivity index (χ2n) is 3.94. The summed E-state index contributed by atoms with van der Waals surface area (Å²) in [5.41, 5.74) is -0.0529. The van der Waals surface area contributed by atoms with Crippen LogP contribution in [0.5, 0.6) is 11.5 Å². The molecule has 0 aliphatic rings. The highest BCUT2D eigenvalue weighted by Gasteiger charge is 2.16. The molecular formula is C14H11ClFNO3. The standard InChI is InChI=1S/C14H11ClFNO3/c1-20-12-6-5-8(7-9(12)15)17-14(19)13-10(16)3-2-4-11(13)18/h2-7,18H,1H3,(H,17,19). The molecule has 0 unspecified atom stereocenters. The summed E-state index contributed by atoms with van der Waals surface area (Å²) < 4.78 is 18.5. The number of halogens is 2. The van der Waals surface area contributed by atoms with Crippen LogP contribution in [-0.2, 0) is 0 Å². The topological polar surface area (TPSA) is 58.6 Å². The number of ether oxygens (including phenoxy) is 1. The molecule has 0 spiro atoms. The largest absolute Gasteiger partial charge is 0.507 e. The first-order valence-corrected chi connectivity index (χ1v) is 6.03. The van der Waals surface area contributed by atoms with Crippen LogP contribution < -0.4 is 10.1 Å². The van der Waals surface area contributed by atoms with Crippen molar-refractivity contribution in [2.24, 2.45) is 0 Å². The van der Waals surface area contributed by atoms with E-state index in [2.05, 4.69) is 5.32 Å². The Hall–Kier alpha value is -2.27. The summed E-state index contributed by atoms with van der Waals surface area (Å²) in [6, 6.07) is 8.23. The number of phenols is 1. The Morgan fingerprint density at radius 1 is 1.35 bits per heavy atom. The third-order valence-corrected chi connectivity index (χ3v) is 2.92. The van der Waals surface area contributed by atoms with Crippen molar-refractivity contribution in [1.29, 1.82) is 0 Å². The van der Waals surface area contributed by atoms with E-state index in [0.717, 1.165) is 6.07 Å². The van der Waals surface area contributed by atoms with Crippen LogP contribution in [0, 0.1) is 5.82 Å². The summed E-state index contributed by atoms with van der Waals surface area (Å²) in [4.78, 5) is 11.9. The van der Waals surface area contributed by atoms with Gasteiger partial charge in [0.1, 0.15) is 22.9 Å². The third kappa shape index (κ3) is 2.83. The SMILES string of the molecule is COc1ccc(NC(=O)c2c(O)cccc2F)cc1Cl. The maximum atomic E-state index is 13.5. The molecule has 20 heavy (non-hydrogen) atoms. The van der Waals surface area contributed by atoms with Gasteiger partial charge in [0.15, 0.2) is 0 Å². The van der Waals surface area contributed by atoms with E-state index in [4.69, 9.17) is 16.3 Å². The molecule has 0 fully saturated rings. The highest BCUT2D eigenvalue weighted by molar-refractivity contribution is 6.32. The molecular weight excluding hydrogens is 285 g/mol. The number of amides is 1. The van der Waals surface area contributed by atoms with Crippen molar-refractivity contribution < 1.29 is 19.0 Å². The molecule has 0 atom stereocenters. The fourth-order valence-corrected chi connectivity index (χ4v) is 1.93. The average molecular weight is 296 g/mol. The zero-order valence-corrected chi connectivity index (χ0v) is 11.2. The van der Waals surface area contributed by atoms with Crippen LogP contribution in [0.3, 0.4) is 0 Å². The molecule has 1 amide bonds. The molecule has 0 radical (unpaired) electrons. The second kappa shape index (κ2) is 5.79. The Bertz CT molecular complexity index is 641. The van der Waals surface area contributed by atoms with E-state index in [-0.39, 0.29) is 0 Å². The van der Waals surface area contributed by atoms with Crippen LogP contribution in [0.4, 0.5) is 10.1 Å². The molecule has 2 rings (SSSR count). The number of rotatable bonds is 3. The molecule has 0 heterocycles. The van der Waals surface area contributed by atoms with Crippen LogP contribution in [0.2, 0.25) is 5.02 Å². The Morgan fingerprint density at radius 2 is 2.10 bits per heavy atom. The summed E-state index contributed by atoms with van der Waals surface area (Å²) in [6.45, 7) is 0. The molecule has 0 saturated heterocycles. The highest BCUT2D eigenvalue weighted by atomic mass is 35.5. The lowest BCUT2D eigenvalue weighted by Gasteiger charge is -2.09. The predicted molar refractivity (Wildman–Crippen MR) is 74.0 cm³/mol. The molecule has 0 aliphatic heterocycles. The lowest BCUT2D eigenvalue weighted by Crippen LogP contribution is -2.14. The smallest absolute Gasteiger partial charge is 0.262 e. The van der Waals surface area contributed by atoms with Gasteiger partial charge < -0.3 is 15.2 Å². The highest BCUT2D eigenvalue weighted by Crippen LogP contribution is 2.28. The zero-order valence-electron chi connectivity index (χ0n) is 10.5. The number of hydrogen-bond donors (Lipinski definition) is 2. The zero-order chi connectivity index (χ0) is 14.7. The minimum atomic E-state index is -0.804. The van der Waals surface area contributed by atoms with Gasteiger partial charge in [0.25, 0.3) is 5.91 Å². The van der Waals surface area contributed by atoms with Crippen molar-refractivity contribution in [3.8, 4) is 11.5 Å². The molecule has 6 heteroatoms. The minimum absolute atomic E-state index is 0.308. The lowest BCUT2D eigenvalue weighted by atomic mass is 10.1. The lowest BCUT2D eigenvalue weighted by molar-refractivity contribution is 0.102. The van der Waals surface area contributed by atoms with Crippen molar-refractivity contribution in [1.82, 2.24) is 0 Å². The van der Waals surface area contributed by atoms with Crippen molar-refractivity contribution in [2.45, 2.75) is 0 Å². The molecule has 0 bridgehead atoms. The molecule has 4 nitrogen and oxygen atoms in total. The molecule has 2 aromatic rings. The monoisotopic (exact) mass is 295 g/mol. The Balaban J connectivity index is 2.26. The first kappa shape index (κ1) is 14.1. The van der Waals surface area contributed by atoms with Gasteiger partial charge in [-0.2, -0.15) is 0 Å². The van der Waals surface area contributed by atoms with Gasteiger partial charge in [0.2, 0.25) is 0 Å². The molecule has 2 aromatic carbocycles. The first-order valence-electron chi connectivity index (χ1n) is 5.65. The molecule has 0 aliphatic carbocycles. The molecule has 104 valence electrons. The summed E-state index contributed by atoms with van der Waals surface area (Å²) in [5.74, 6) is -1.54. The number of phenolic OH excluding ortho intramolecular Hbond substituents is 1. The fraction of sp³-hybridized carbons (Fsp3) is 0.0714. The van der Waals surface area contributed by atoms with Crippen molar-refractivity contribution in [3.05, 3.63) is 52.8 Å². The third-order valence-electron chi connectivity index (χ3n) is 2.63. The number of carbonyl (C=O) groups is 1. The van der Waals surface area contributed by atoms with Crippen molar-refractivity contribution in [3.63, 3.8) is 0 Å². The summed E-state index contributed by atoms with van der Waals surface area (Å²) in [5, 5.41) is 12.3. The van der Waals surface area contributed by atoms with E-state index in [9.17, 15) is 14.3 Å². The van der Waals surface area contributed by atoms with Crippen LogP contribution in [-0.4, -0.2) is 18.1 Å². The molecule has 0 saturated carbocycles. The van der Waals surface area contributed by atoms with Crippen LogP contribution in [0.25, 0.3) is 0 Å². The van der Waals surface area contributed by atoms with Gasteiger partial charge in [-0.05, 0) is 30.3 Å². The van der Waals surface area contributed by atoms with E-state index in [1.54, 1.807) is 12.1 Å². The van der Waals surface area contributed by atoms with Crippen LogP contribution in [0.15, 0.2) is 36.4 Å². The van der Waals surface area contributed by atoms with E-state index in [0.29, 0.717) is 16.5 Å². The maximum absolute atomic E-state index is 13.5. The van der Waals surface area contributed by atoms with Gasteiger partial charge in [-0.25, -0.2) is 4.39 Å².